The minimum absolute atomic E-state index is 0.0164. The number of carbonyl (C=O) groups excluding carboxylic acids is 1. The predicted octanol–water partition coefficient (Wildman–Crippen LogP) is 5.33. The second-order valence-electron chi connectivity index (χ2n) is 7.46. The van der Waals surface area contributed by atoms with Crippen LogP contribution in [0.25, 0.3) is 0 Å². The molecule has 4 rings (SSSR count). The van der Waals surface area contributed by atoms with Gasteiger partial charge in [0.05, 0.1) is 11.6 Å². The fourth-order valence-electron chi connectivity index (χ4n) is 3.76. The van der Waals surface area contributed by atoms with E-state index < -0.39 is 0 Å². The van der Waals surface area contributed by atoms with E-state index in [4.69, 9.17) is 4.74 Å². The Morgan fingerprint density at radius 2 is 1.62 bits per heavy atom. The number of nitrogens with one attached hydrogen (secondary N) is 1. The number of carbonyl (C=O) groups is 1. The summed E-state index contributed by atoms with van der Waals surface area (Å²) >= 11 is 0. The molecule has 0 aliphatic carbocycles. The summed E-state index contributed by atoms with van der Waals surface area (Å²) in [5.41, 5.74) is 2.00. The molecule has 0 radical (unpaired) electrons. The van der Waals surface area contributed by atoms with Crippen LogP contribution in [0.15, 0.2) is 84.9 Å². The molecule has 1 atom stereocenters. The highest BCUT2D eigenvalue weighted by Gasteiger charge is 2.26. The van der Waals surface area contributed by atoms with Gasteiger partial charge in [-0.3, -0.25) is 9.69 Å². The molecule has 4 nitrogen and oxygen atoms in total. The van der Waals surface area contributed by atoms with Crippen LogP contribution < -0.4 is 10.1 Å². The summed E-state index contributed by atoms with van der Waals surface area (Å²) in [6.45, 7) is 2.70. The summed E-state index contributed by atoms with van der Waals surface area (Å²) < 4.78 is 5.97. The molecular formula is C25H26N2O2. The Morgan fingerprint density at radius 1 is 0.931 bits per heavy atom. The van der Waals surface area contributed by atoms with Gasteiger partial charge in [0.15, 0.2) is 5.75 Å². The van der Waals surface area contributed by atoms with Gasteiger partial charge in [-0.2, -0.15) is 0 Å². The normalized spacial score (nSPS) is 16.9. The van der Waals surface area contributed by atoms with Gasteiger partial charge in [-0.15, -0.1) is 0 Å². The van der Waals surface area contributed by atoms with E-state index in [0.717, 1.165) is 38.2 Å². The summed E-state index contributed by atoms with van der Waals surface area (Å²) in [4.78, 5) is 15.3. The lowest BCUT2D eigenvalue weighted by atomic mass is 9.96. The van der Waals surface area contributed by atoms with Gasteiger partial charge in [-0.25, -0.2) is 0 Å². The second-order valence-corrected chi connectivity index (χ2v) is 7.46. The highest BCUT2D eigenvalue weighted by atomic mass is 16.5. The number of hydrogen-bond acceptors (Lipinski definition) is 3. The van der Waals surface area contributed by atoms with E-state index in [2.05, 4.69) is 34.5 Å². The highest BCUT2D eigenvalue weighted by Crippen LogP contribution is 2.30. The van der Waals surface area contributed by atoms with Gasteiger partial charge in [0.25, 0.3) is 0 Å². The van der Waals surface area contributed by atoms with Crippen LogP contribution >= 0.6 is 0 Å². The van der Waals surface area contributed by atoms with Crippen LogP contribution in [-0.4, -0.2) is 23.9 Å². The Labute approximate surface area is 172 Å². The number of anilines is 1. The van der Waals surface area contributed by atoms with Crippen LogP contribution in [0.5, 0.6) is 11.5 Å². The smallest absolute Gasteiger partial charge is 0.228 e. The molecular weight excluding hydrogens is 360 g/mol. The number of benzene rings is 3. The number of rotatable bonds is 6. The number of piperidine rings is 1. The summed E-state index contributed by atoms with van der Waals surface area (Å²) in [6, 6.07) is 27.7. The van der Waals surface area contributed by atoms with Crippen molar-refractivity contribution in [3.05, 3.63) is 90.5 Å². The monoisotopic (exact) mass is 386 g/mol. The molecule has 1 fully saturated rings. The molecule has 4 heteroatoms. The summed E-state index contributed by atoms with van der Waals surface area (Å²) in [7, 11) is 0. The molecule has 3 aromatic carbocycles. The quantitative estimate of drug-likeness (QED) is 0.623. The first-order chi connectivity index (χ1) is 14.3. The van der Waals surface area contributed by atoms with Crippen molar-refractivity contribution < 1.29 is 9.53 Å². The van der Waals surface area contributed by atoms with Crippen molar-refractivity contribution in [2.75, 3.05) is 18.4 Å². The molecule has 0 saturated carbocycles. The van der Waals surface area contributed by atoms with Gasteiger partial charge in [0.2, 0.25) is 5.91 Å². The summed E-state index contributed by atoms with van der Waals surface area (Å²) in [6.07, 6.45) is 1.95. The molecule has 0 aromatic heterocycles. The van der Waals surface area contributed by atoms with Crippen molar-refractivity contribution in [3.8, 4) is 11.5 Å². The van der Waals surface area contributed by atoms with Crippen molar-refractivity contribution in [1.29, 1.82) is 0 Å². The number of amides is 1. The van der Waals surface area contributed by atoms with Gasteiger partial charge in [0.1, 0.15) is 5.75 Å². The van der Waals surface area contributed by atoms with E-state index in [1.807, 2.05) is 60.7 Å². The van der Waals surface area contributed by atoms with Gasteiger partial charge in [-0.05, 0) is 49.2 Å². The summed E-state index contributed by atoms with van der Waals surface area (Å²) in [5, 5.41) is 3.09. The third-order valence-corrected chi connectivity index (χ3v) is 5.24. The first kappa shape index (κ1) is 19.2. The molecule has 1 aliphatic rings. The molecule has 29 heavy (non-hydrogen) atoms. The van der Waals surface area contributed by atoms with Crippen molar-refractivity contribution in [2.24, 2.45) is 5.92 Å². The molecule has 0 spiro atoms. The maximum Gasteiger partial charge on any atom is 0.228 e. The molecule has 1 saturated heterocycles. The Hall–Kier alpha value is -3.11. The maximum atomic E-state index is 13.0. The van der Waals surface area contributed by atoms with E-state index in [0.29, 0.717) is 11.4 Å². The van der Waals surface area contributed by atoms with Crippen molar-refractivity contribution in [1.82, 2.24) is 4.90 Å². The van der Waals surface area contributed by atoms with Crippen LogP contribution in [0.2, 0.25) is 0 Å². The second kappa shape index (κ2) is 9.39. The van der Waals surface area contributed by atoms with Crippen molar-refractivity contribution in [3.63, 3.8) is 0 Å². The van der Waals surface area contributed by atoms with Crippen molar-refractivity contribution >= 4 is 11.6 Å². The Balaban J connectivity index is 1.40. The summed E-state index contributed by atoms with van der Waals surface area (Å²) in [5.74, 6) is 1.45. The van der Waals surface area contributed by atoms with Gasteiger partial charge >= 0.3 is 0 Å². The van der Waals surface area contributed by atoms with Crippen LogP contribution in [0, 0.1) is 5.92 Å². The average Bonchev–Trinajstić information content (AvgIpc) is 2.77. The third-order valence-electron chi connectivity index (χ3n) is 5.24. The Bertz CT molecular complexity index is 928. The number of nitrogens with zero attached hydrogens (tertiary/aromatic N) is 1. The maximum absolute atomic E-state index is 13.0. The van der Waals surface area contributed by atoms with E-state index in [1.165, 1.54) is 5.56 Å². The SMILES string of the molecule is O=C(Nc1ccccc1Oc1ccccc1)C1CCCN(Cc2ccccc2)C1. The van der Waals surface area contributed by atoms with E-state index >= 15 is 0 Å². The zero-order valence-electron chi connectivity index (χ0n) is 16.5. The van der Waals surface area contributed by atoms with E-state index in [-0.39, 0.29) is 11.8 Å². The lowest BCUT2D eigenvalue weighted by Crippen LogP contribution is -2.40. The molecule has 3 aromatic rings. The molecule has 1 N–H and O–H groups in total. The molecule has 1 unspecified atom stereocenters. The molecule has 1 amide bonds. The fraction of sp³-hybridized carbons (Fsp3) is 0.240. The Morgan fingerprint density at radius 3 is 2.41 bits per heavy atom. The topological polar surface area (TPSA) is 41.6 Å². The van der Waals surface area contributed by atoms with Crippen molar-refractivity contribution in [2.45, 2.75) is 19.4 Å². The number of para-hydroxylation sites is 3. The first-order valence-corrected chi connectivity index (χ1v) is 10.2. The third kappa shape index (κ3) is 5.24. The number of ether oxygens (including phenoxy) is 1. The van der Waals surface area contributed by atoms with Gasteiger partial charge in [-0.1, -0.05) is 60.7 Å². The van der Waals surface area contributed by atoms with Crippen LogP contribution in [0.1, 0.15) is 18.4 Å². The van der Waals surface area contributed by atoms with Crippen LogP contribution in [-0.2, 0) is 11.3 Å². The zero-order chi connectivity index (χ0) is 19.9. The number of likely N-dealkylation sites (tertiary alicyclic amines) is 1. The van der Waals surface area contributed by atoms with Crippen LogP contribution in [0.3, 0.4) is 0 Å². The van der Waals surface area contributed by atoms with Gasteiger partial charge < -0.3 is 10.1 Å². The van der Waals surface area contributed by atoms with Crippen LogP contribution in [0.4, 0.5) is 5.69 Å². The molecule has 1 heterocycles. The standard InChI is InChI=1S/C25H26N2O2/c28-25(21-12-9-17-27(19-21)18-20-10-3-1-4-11-20)26-23-15-7-8-16-24(23)29-22-13-5-2-6-14-22/h1-8,10-11,13-16,21H,9,12,17-19H2,(H,26,28). The minimum Gasteiger partial charge on any atom is -0.455 e. The minimum atomic E-state index is -0.0164. The molecule has 148 valence electrons. The molecule has 1 aliphatic heterocycles. The Kier molecular flexibility index (Phi) is 6.22. The first-order valence-electron chi connectivity index (χ1n) is 10.2. The highest BCUT2D eigenvalue weighted by molar-refractivity contribution is 5.94. The average molecular weight is 386 g/mol. The lowest BCUT2D eigenvalue weighted by molar-refractivity contribution is -0.121. The van der Waals surface area contributed by atoms with E-state index in [9.17, 15) is 4.79 Å². The van der Waals surface area contributed by atoms with Gasteiger partial charge in [0, 0.05) is 13.1 Å². The predicted molar refractivity (Wildman–Crippen MR) is 116 cm³/mol. The number of hydrogen-bond donors (Lipinski definition) is 1. The fourth-order valence-corrected chi connectivity index (χ4v) is 3.76. The zero-order valence-corrected chi connectivity index (χ0v) is 16.5. The lowest BCUT2D eigenvalue weighted by Gasteiger charge is -2.32. The van der Waals surface area contributed by atoms with E-state index in [1.54, 1.807) is 0 Å². The molecule has 0 bridgehead atoms. The largest absolute Gasteiger partial charge is 0.455 e.